The second-order valence-electron chi connectivity index (χ2n) is 5.40. The van der Waals surface area contributed by atoms with Crippen molar-refractivity contribution in [1.82, 2.24) is 5.32 Å². The van der Waals surface area contributed by atoms with Gasteiger partial charge in [0, 0.05) is 12.6 Å². The van der Waals surface area contributed by atoms with Gasteiger partial charge in [-0.3, -0.25) is 9.52 Å². The summed E-state index contributed by atoms with van der Waals surface area (Å²) < 4.78 is 43.4. The highest BCUT2D eigenvalue weighted by Crippen LogP contribution is 2.31. The minimum absolute atomic E-state index is 0.0701. The molecule has 0 atom stereocenters. The smallest absolute Gasteiger partial charge is 0.261 e. The molecule has 2 rings (SSSR count). The van der Waals surface area contributed by atoms with Crippen LogP contribution >= 0.6 is 0 Å². The van der Waals surface area contributed by atoms with E-state index in [9.17, 15) is 13.2 Å². The van der Waals surface area contributed by atoms with Gasteiger partial charge in [0.1, 0.15) is 5.75 Å². The fourth-order valence-electron chi connectivity index (χ4n) is 2.40. The van der Waals surface area contributed by atoms with Gasteiger partial charge in [0.05, 0.1) is 37.5 Å². The first-order valence-corrected chi connectivity index (χ1v) is 9.55. The summed E-state index contributed by atoms with van der Waals surface area (Å²) in [4.78, 5) is 12.1. The minimum atomic E-state index is -3.94. The van der Waals surface area contributed by atoms with Crippen LogP contribution < -0.4 is 24.2 Å². The Labute approximate surface area is 158 Å². The molecule has 0 aliphatic rings. The third kappa shape index (κ3) is 4.62. The number of carbonyl (C=O) groups is 1. The number of sulfonamides is 1. The highest BCUT2D eigenvalue weighted by Gasteiger charge is 2.20. The SMILES string of the molecule is CCNC(=O)c1cc(S(=O)(=O)Nc2ccc(OC)c(OC)c2)ccc1OC. The minimum Gasteiger partial charge on any atom is -0.496 e. The lowest BCUT2D eigenvalue weighted by Crippen LogP contribution is -2.24. The van der Waals surface area contributed by atoms with Crippen molar-refractivity contribution >= 4 is 21.6 Å². The zero-order valence-electron chi connectivity index (χ0n) is 15.5. The summed E-state index contributed by atoms with van der Waals surface area (Å²) in [5.41, 5.74) is 0.428. The number of amides is 1. The van der Waals surface area contributed by atoms with Gasteiger partial charge < -0.3 is 19.5 Å². The van der Waals surface area contributed by atoms with Crippen LogP contribution in [0, 0.1) is 0 Å². The van der Waals surface area contributed by atoms with E-state index in [1.807, 2.05) is 0 Å². The highest BCUT2D eigenvalue weighted by atomic mass is 32.2. The number of nitrogens with one attached hydrogen (secondary N) is 2. The van der Waals surface area contributed by atoms with Crippen molar-refractivity contribution in [3.05, 3.63) is 42.0 Å². The van der Waals surface area contributed by atoms with E-state index in [4.69, 9.17) is 14.2 Å². The summed E-state index contributed by atoms with van der Waals surface area (Å²) in [6.45, 7) is 2.17. The fraction of sp³-hybridized carbons (Fsp3) is 0.278. The molecule has 8 nitrogen and oxygen atoms in total. The molecule has 2 N–H and O–H groups in total. The Hall–Kier alpha value is -2.94. The normalized spacial score (nSPS) is 10.8. The van der Waals surface area contributed by atoms with E-state index in [2.05, 4.69) is 10.0 Å². The molecule has 0 aliphatic carbocycles. The van der Waals surface area contributed by atoms with Crippen LogP contribution in [0.5, 0.6) is 17.2 Å². The van der Waals surface area contributed by atoms with E-state index >= 15 is 0 Å². The predicted molar refractivity (Wildman–Crippen MR) is 101 cm³/mol. The van der Waals surface area contributed by atoms with Crippen LogP contribution in [0.15, 0.2) is 41.3 Å². The van der Waals surface area contributed by atoms with Crippen LogP contribution in [-0.4, -0.2) is 42.2 Å². The molecule has 9 heteroatoms. The van der Waals surface area contributed by atoms with Crippen molar-refractivity contribution in [3.8, 4) is 17.2 Å². The standard InChI is InChI=1S/C18H22N2O6S/c1-5-19-18(21)14-11-13(7-9-15(14)24-2)27(22,23)20-12-6-8-16(25-3)17(10-12)26-4/h6-11,20H,5H2,1-4H3,(H,19,21). The summed E-state index contributed by atoms with van der Waals surface area (Å²) in [6, 6.07) is 8.72. The fourth-order valence-corrected chi connectivity index (χ4v) is 3.48. The van der Waals surface area contributed by atoms with E-state index in [1.165, 1.54) is 45.6 Å². The Bertz CT molecular complexity index is 927. The van der Waals surface area contributed by atoms with Gasteiger partial charge in [-0.05, 0) is 37.3 Å². The summed E-state index contributed by atoms with van der Waals surface area (Å²) in [7, 11) is 0.420. The number of rotatable bonds is 8. The first-order valence-electron chi connectivity index (χ1n) is 8.07. The number of hydrogen-bond donors (Lipinski definition) is 2. The maximum atomic E-state index is 12.7. The molecule has 146 valence electrons. The first-order chi connectivity index (χ1) is 12.9. The van der Waals surface area contributed by atoms with Crippen LogP contribution in [0.1, 0.15) is 17.3 Å². The second kappa shape index (κ2) is 8.63. The Morgan fingerprint density at radius 1 is 0.926 bits per heavy atom. The molecule has 2 aromatic carbocycles. The summed E-state index contributed by atoms with van der Waals surface area (Å²) in [5, 5.41) is 2.63. The van der Waals surface area contributed by atoms with Crippen LogP contribution in [0.4, 0.5) is 5.69 Å². The number of methoxy groups -OCH3 is 3. The van der Waals surface area contributed by atoms with Crippen molar-refractivity contribution in [3.63, 3.8) is 0 Å². The average Bonchev–Trinajstić information content (AvgIpc) is 2.67. The molecule has 0 heterocycles. The lowest BCUT2D eigenvalue weighted by Gasteiger charge is -2.13. The molecule has 0 spiro atoms. The first kappa shape index (κ1) is 20.4. The molecule has 0 aliphatic heterocycles. The lowest BCUT2D eigenvalue weighted by atomic mass is 10.2. The van der Waals surface area contributed by atoms with E-state index in [-0.39, 0.29) is 16.2 Å². The van der Waals surface area contributed by atoms with E-state index in [0.29, 0.717) is 23.7 Å². The lowest BCUT2D eigenvalue weighted by molar-refractivity contribution is 0.0952. The topological polar surface area (TPSA) is 103 Å². The Balaban J connectivity index is 2.39. The quantitative estimate of drug-likeness (QED) is 0.712. The number of anilines is 1. The number of hydrogen-bond acceptors (Lipinski definition) is 6. The molecule has 0 saturated carbocycles. The van der Waals surface area contributed by atoms with Crippen LogP contribution in [0.3, 0.4) is 0 Å². The average molecular weight is 394 g/mol. The third-order valence-corrected chi connectivity index (χ3v) is 5.08. The third-order valence-electron chi connectivity index (χ3n) is 3.70. The summed E-state index contributed by atoms with van der Waals surface area (Å²) in [5.74, 6) is 0.724. The molecular formula is C18H22N2O6S. The maximum absolute atomic E-state index is 12.7. The van der Waals surface area contributed by atoms with E-state index < -0.39 is 15.9 Å². The highest BCUT2D eigenvalue weighted by molar-refractivity contribution is 7.92. The van der Waals surface area contributed by atoms with Gasteiger partial charge in [-0.2, -0.15) is 0 Å². The van der Waals surface area contributed by atoms with Crippen LogP contribution in [0.2, 0.25) is 0 Å². The number of carbonyl (C=O) groups excluding carboxylic acids is 1. The van der Waals surface area contributed by atoms with E-state index in [1.54, 1.807) is 19.1 Å². The zero-order valence-corrected chi connectivity index (χ0v) is 16.3. The van der Waals surface area contributed by atoms with Crippen molar-refractivity contribution in [2.24, 2.45) is 0 Å². The Morgan fingerprint density at radius 2 is 1.56 bits per heavy atom. The molecule has 0 saturated heterocycles. The van der Waals surface area contributed by atoms with Crippen molar-refractivity contribution < 1.29 is 27.4 Å². The zero-order chi connectivity index (χ0) is 20.0. The number of ether oxygens (including phenoxy) is 3. The largest absolute Gasteiger partial charge is 0.496 e. The van der Waals surface area contributed by atoms with Gasteiger partial charge in [-0.15, -0.1) is 0 Å². The van der Waals surface area contributed by atoms with Crippen molar-refractivity contribution in [2.75, 3.05) is 32.6 Å². The van der Waals surface area contributed by atoms with Gasteiger partial charge in [-0.25, -0.2) is 8.42 Å². The van der Waals surface area contributed by atoms with Crippen LogP contribution in [-0.2, 0) is 10.0 Å². The van der Waals surface area contributed by atoms with Crippen LogP contribution in [0.25, 0.3) is 0 Å². The maximum Gasteiger partial charge on any atom is 0.261 e. The Morgan fingerprint density at radius 3 is 2.15 bits per heavy atom. The predicted octanol–water partition coefficient (Wildman–Crippen LogP) is 2.26. The van der Waals surface area contributed by atoms with Crippen molar-refractivity contribution in [2.45, 2.75) is 11.8 Å². The Kier molecular flexibility index (Phi) is 6.51. The summed E-state index contributed by atoms with van der Waals surface area (Å²) in [6.07, 6.45) is 0. The molecule has 0 unspecified atom stereocenters. The molecule has 0 fully saturated rings. The van der Waals surface area contributed by atoms with Gasteiger partial charge in [-0.1, -0.05) is 0 Å². The van der Waals surface area contributed by atoms with Gasteiger partial charge in [0.2, 0.25) is 0 Å². The summed E-state index contributed by atoms with van der Waals surface area (Å²) >= 11 is 0. The van der Waals surface area contributed by atoms with E-state index in [0.717, 1.165) is 0 Å². The molecule has 0 aromatic heterocycles. The molecule has 2 aromatic rings. The van der Waals surface area contributed by atoms with Gasteiger partial charge >= 0.3 is 0 Å². The molecule has 27 heavy (non-hydrogen) atoms. The van der Waals surface area contributed by atoms with Gasteiger partial charge in [0.15, 0.2) is 11.5 Å². The van der Waals surface area contributed by atoms with Gasteiger partial charge in [0.25, 0.3) is 15.9 Å². The number of benzene rings is 2. The second-order valence-corrected chi connectivity index (χ2v) is 7.08. The molecule has 1 amide bonds. The molecule has 0 bridgehead atoms. The van der Waals surface area contributed by atoms with Crippen molar-refractivity contribution in [1.29, 1.82) is 0 Å². The monoisotopic (exact) mass is 394 g/mol. The molecule has 0 radical (unpaired) electrons. The molecular weight excluding hydrogens is 372 g/mol.